The van der Waals surface area contributed by atoms with Crippen molar-refractivity contribution in [2.75, 3.05) is 0 Å². The molecule has 2 atom stereocenters. The third-order valence-electron chi connectivity index (χ3n) is 4.99. The minimum atomic E-state index is -4.22. The predicted molar refractivity (Wildman–Crippen MR) is 105 cm³/mol. The van der Waals surface area contributed by atoms with Gasteiger partial charge in [-0.3, -0.25) is 0 Å². The average molecular weight is 401 g/mol. The van der Waals surface area contributed by atoms with E-state index in [0.717, 1.165) is 44.9 Å². The summed E-state index contributed by atoms with van der Waals surface area (Å²) in [5.41, 5.74) is 0. The number of hydrogen-bond donors (Lipinski definition) is 1. The van der Waals surface area contributed by atoms with Crippen molar-refractivity contribution in [3.63, 3.8) is 0 Å². The Morgan fingerprint density at radius 1 is 0.692 bits per heavy atom. The molecule has 0 aliphatic carbocycles. The van der Waals surface area contributed by atoms with Crippen LogP contribution >= 0.6 is 0 Å². The molecule has 2 unspecified atom stereocenters. The maximum Gasteiger partial charge on any atom is 1.00 e. The first-order chi connectivity index (χ1) is 11.9. The van der Waals surface area contributed by atoms with Crippen molar-refractivity contribution in [1.29, 1.82) is 0 Å². The third kappa shape index (κ3) is 18.2. The van der Waals surface area contributed by atoms with Gasteiger partial charge < -0.3 is 9.66 Å². The van der Waals surface area contributed by atoms with Crippen LogP contribution < -0.4 is 29.6 Å². The summed E-state index contributed by atoms with van der Waals surface area (Å²) in [6, 6.07) is 0. The standard InChI is InChI=1S/C20H42O4S.Na/c1-3-5-7-9-11-12-15-19(21)16-14-18-20(25(22,23)24)17-13-10-8-6-4-2;/h19-21H,3-18H2,1-2H3,(H,22,23,24);/q;+1/p-1. The molecule has 0 saturated heterocycles. The Morgan fingerprint density at radius 2 is 1.08 bits per heavy atom. The number of hydrogen-bond acceptors (Lipinski definition) is 4. The first-order valence-corrected chi connectivity index (χ1v) is 12.0. The van der Waals surface area contributed by atoms with E-state index in [2.05, 4.69) is 13.8 Å². The van der Waals surface area contributed by atoms with Crippen LogP contribution in [0.2, 0.25) is 0 Å². The van der Waals surface area contributed by atoms with Gasteiger partial charge >= 0.3 is 29.6 Å². The zero-order valence-corrected chi connectivity index (χ0v) is 20.4. The summed E-state index contributed by atoms with van der Waals surface area (Å²) < 4.78 is 34.2. The summed E-state index contributed by atoms with van der Waals surface area (Å²) in [4.78, 5) is 0. The van der Waals surface area contributed by atoms with Gasteiger partial charge in [-0.15, -0.1) is 0 Å². The molecule has 0 amide bonds. The summed E-state index contributed by atoms with van der Waals surface area (Å²) in [6.45, 7) is 4.34. The van der Waals surface area contributed by atoms with Crippen LogP contribution in [0.3, 0.4) is 0 Å². The quantitative estimate of drug-likeness (QED) is 0.218. The van der Waals surface area contributed by atoms with E-state index in [4.69, 9.17) is 0 Å². The van der Waals surface area contributed by atoms with Gasteiger partial charge in [-0.05, 0) is 32.1 Å². The summed E-state index contributed by atoms with van der Waals surface area (Å²) in [7, 11) is -4.22. The molecule has 0 fully saturated rings. The van der Waals surface area contributed by atoms with Gasteiger partial charge in [0.05, 0.1) is 16.2 Å². The van der Waals surface area contributed by atoms with Gasteiger partial charge in [0.1, 0.15) is 0 Å². The van der Waals surface area contributed by atoms with Gasteiger partial charge in [0.25, 0.3) is 0 Å². The van der Waals surface area contributed by atoms with E-state index in [1.807, 2.05) is 0 Å². The number of rotatable bonds is 18. The second-order valence-corrected chi connectivity index (χ2v) is 9.11. The van der Waals surface area contributed by atoms with Crippen LogP contribution in [0.15, 0.2) is 0 Å². The molecule has 0 aliphatic heterocycles. The fraction of sp³-hybridized carbons (Fsp3) is 1.00. The first-order valence-electron chi connectivity index (χ1n) is 10.5. The van der Waals surface area contributed by atoms with Gasteiger partial charge in [0, 0.05) is 5.25 Å². The molecule has 0 radical (unpaired) electrons. The van der Waals surface area contributed by atoms with Crippen LogP contribution in [0, 0.1) is 0 Å². The van der Waals surface area contributed by atoms with Crippen LogP contribution in [-0.4, -0.2) is 29.4 Å². The maximum absolute atomic E-state index is 11.4. The van der Waals surface area contributed by atoms with Gasteiger partial charge in [0.2, 0.25) is 0 Å². The zero-order valence-electron chi connectivity index (χ0n) is 17.5. The van der Waals surface area contributed by atoms with Gasteiger partial charge in [-0.1, -0.05) is 84.5 Å². The molecule has 0 saturated carbocycles. The van der Waals surface area contributed by atoms with Crippen LogP contribution in [0.4, 0.5) is 0 Å². The predicted octanol–water partition coefficient (Wildman–Crippen LogP) is 2.55. The van der Waals surface area contributed by atoms with Crippen molar-refractivity contribution in [2.24, 2.45) is 0 Å². The molecule has 152 valence electrons. The van der Waals surface area contributed by atoms with Crippen molar-refractivity contribution >= 4 is 10.1 Å². The minimum absolute atomic E-state index is 0. The van der Waals surface area contributed by atoms with E-state index in [1.54, 1.807) is 0 Å². The Labute approximate surface area is 185 Å². The summed E-state index contributed by atoms with van der Waals surface area (Å²) in [6.07, 6.45) is 15.0. The Balaban J connectivity index is 0. The van der Waals surface area contributed by atoms with Crippen LogP contribution in [0.25, 0.3) is 0 Å². The first kappa shape index (κ1) is 29.1. The van der Waals surface area contributed by atoms with Gasteiger partial charge in [0.15, 0.2) is 0 Å². The Morgan fingerprint density at radius 3 is 1.58 bits per heavy atom. The molecule has 0 aromatic rings. The zero-order chi connectivity index (χ0) is 19.0. The molecule has 0 aromatic carbocycles. The monoisotopic (exact) mass is 400 g/mol. The SMILES string of the molecule is CCCCCCCCC(O)CCCC(CCCCCCC)S(=O)(=O)[O-].[Na+]. The molecule has 4 nitrogen and oxygen atoms in total. The van der Waals surface area contributed by atoms with E-state index in [9.17, 15) is 18.1 Å². The molecule has 0 bridgehead atoms. The minimum Gasteiger partial charge on any atom is -0.748 e. The summed E-state index contributed by atoms with van der Waals surface area (Å²) >= 11 is 0. The van der Waals surface area contributed by atoms with E-state index in [-0.39, 0.29) is 35.7 Å². The molecule has 0 aromatic heterocycles. The van der Waals surface area contributed by atoms with Crippen molar-refractivity contribution in [2.45, 2.75) is 128 Å². The Bertz CT molecular complexity index is 387. The van der Waals surface area contributed by atoms with E-state index >= 15 is 0 Å². The van der Waals surface area contributed by atoms with Crippen LogP contribution in [0.5, 0.6) is 0 Å². The topological polar surface area (TPSA) is 77.4 Å². The second-order valence-electron chi connectivity index (χ2n) is 7.46. The molecule has 1 N–H and O–H groups in total. The number of unbranched alkanes of at least 4 members (excludes halogenated alkanes) is 9. The number of aliphatic hydroxyl groups excluding tert-OH is 1. The molecular weight excluding hydrogens is 359 g/mol. The molecular formula is C20H41NaO4S. The van der Waals surface area contributed by atoms with Crippen molar-refractivity contribution < 1.29 is 47.6 Å². The van der Waals surface area contributed by atoms with Gasteiger partial charge in [-0.25, -0.2) is 8.42 Å². The summed E-state index contributed by atoms with van der Waals surface area (Å²) in [5, 5.41) is 9.25. The molecule has 6 heteroatoms. The smallest absolute Gasteiger partial charge is 0.748 e. The van der Waals surface area contributed by atoms with E-state index in [0.29, 0.717) is 25.7 Å². The largest absolute Gasteiger partial charge is 1.00 e. The van der Waals surface area contributed by atoms with Crippen molar-refractivity contribution in [1.82, 2.24) is 0 Å². The third-order valence-corrected chi connectivity index (χ3v) is 6.28. The van der Waals surface area contributed by atoms with Crippen molar-refractivity contribution in [3.05, 3.63) is 0 Å². The van der Waals surface area contributed by atoms with Crippen molar-refractivity contribution in [3.8, 4) is 0 Å². The van der Waals surface area contributed by atoms with E-state index < -0.39 is 15.4 Å². The normalized spacial score (nSPS) is 14.0. The van der Waals surface area contributed by atoms with Crippen LogP contribution in [-0.2, 0) is 10.1 Å². The fourth-order valence-electron chi connectivity index (χ4n) is 3.29. The fourth-order valence-corrected chi connectivity index (χ4v) is 4.21. The molecule has 0 spiro atoms. The average Bonchev–Trinajstić information content (AvgIpc) is 2.55. The molecule has 0 heterocycles. The molecule has 0 aliphatic rings. The van der Waals surface area contributed by atoms with Crippen LogP contribution in [0.1, 0.15) is 117 Å². The maximum atomic E-state index is 11.4. The Kier molecular flexibility index (Phi) is 21.5. The van der Waals surface area contributed by atoms with Gasteiger partial charge in [-0.2, -0.15) is 0 Å². The second kappa shape index (κ2) is 19.2. The van der Waals surface area contributed by atoms with E-state index in [1.165, 1.54) is 32.1 Å². The summed E-state index contributed by atoms with van der Waals surface area (Å²) in [5.74, 6) is 0. The number of aliphatic hydroxyl groups is 1. The molecule has 0 rings (SSSR count). The molecule has 26 heavy (non-hydrogen) atoms. The Hall–Kier alpha value is 0.870.